The SMILES string of the molecule is C1=CC(c2ccc(-c3cc4c(c5ccccc35)CCC=C4)cc2)CC(N(c2ccc(-c3ccc(-c4ccccc4)cc3)cc2)c2cccc(-c3ccccc3)c2)=C1. The van der Waals surface area contributed by atoms with Gasteiger partial charge in [-0.25, -0.2) is 0 Å². The highest BCUT2D eigenvalue weighted by atomic mass is 15.1. The maximum atomic E-state index is 2.45. The minimum absolute atomic E-state index is 0.254. The first-order chi connectivity index (χ1) is 28.2. The van der Waals surface area contributed by atoms with Gasteiger partial charge in [-0.2, -0.15) is 0 Å². The van der Waals surface area contributed by atoms with Crippen LogP contribution in [0.15, 0.2) is 218 Å². The monoisotopic (exact) mass is 729 g/mol. The third-order valence-electron chi connectivity index (χ3n) is 11.7. The van der Waals surface area contributed by atoms with Crippen LogP contribution in [0.1, 0.15) is 35.4 Å². The predicted molar refractivity (Wildman–Crippen MR) is 243 cm³/mol. The first kappa shape index (κ1) is 34.5. The lowest BCUT2D eigenvalue weighted by molar-refractivity contribution is 0.794. The van der Waals surface area contributed by atoms with Crippen molar-refractivity contribution in [1.29, 1.82) is 0 Å². The van der Waals surface area contributed by atoms with Gasteiger partial charge in [0.05, 0.1) is 0 Å². The molecule has 0 spiro atoms. The Morgan fingerprint density at radius 3 is 1.74 bits per heavy atom. The summed E-state index contributed by atoms with van der Waals surface area (Å²) in [7, 11) is 0. The van der Waals surface area contributed by atoms with Crippen LogP contribution in [0, 0.1) is 0 Å². The van der Waals surface area contributed by atoms with Crippen molar-refractivity contribution in [3.8, 4) is 44.5 Å². The smallest absolute Gasteiger partial charge is 0.0464 e. The molecule has 0 aliphatic heterocycles. The maximum absolute atomic E-state index is 2.45. The van der Waals surface area contributed by atoms with Crippen molar-refractivity contribution in [3.63, 3.8) is 0 Å². The van der Waals surface area contributed by atoms with Gasteiger partial charge in [0.25, 0.3) is 0 Å². The highest BCUT2D eigenvalue weighted by molar-refractivity contribution is 6.01. The first-order valence-corrected chi connectivity index (χ1v) is 20.2. The largest absolute Gasteiger partial charge is 0.314 e. The zero-order valence-corrected chi connectivity index (χ0v) is 31.9. The number of hydrogen-bond donors (Lipinski definition) is 0. The minimum atomic E-state index is 0.254. The fourth-order valence-corrected chi connectivity index (χ4v) is 8.75. The Labute approximate surface area is 336 Å². The topological polar surface area (TPSA) is 3.24 Å². The van der Waals surface area contributed by atoms with Gasteiger partial charge in [-0.05, 0) is 128 Å². The van der Waals surface area contributed by atoms with Gasteiger partial charge in [0.1, 0.15) is 0 Å². The van der Waals surface area contributed by atoms with Gasteiger partial charge >= 0.3 is 0 Å². The van der Waals surface area contributed by atoms with Crippen LogP contribution in [0.2, 0.25) is 0 Å². The first-order valence-electron chi connectivity index (χ1n) is 20.2. The number of hydrogen-bond acceptors (Lipinski definition) is 1. The summed E-state index contributed by atoms with van der Waals surface area (Å²) in [5, 5.41) is 2.72. The van der Waals surface area contributed by atoms with E-state index in [4.69, 9.17) is 0 Å². The number of allylic oxidation sites excluding steroid dienone is 5. The van der Waals surface area contributed by atoms with Crippen molar-refractivity contribution in [1.82, 2.24) is 0 Å². The highest BCUT2D eigenvalue weighted by Crippen LogP contribution is 2.41. The molecule has 10 rings (SSSR count). The van der Waals surface area contributed by atoms with E-state index in [1.807, 2.05) is 0 Å². The van der Waals surface area contributed by atoms with Crippen LogP contribution in [0.4, 0.5) is 11.4 Å². The summed E-state index contributed by atoms with van der Waals surface area (Å²) in [6, 6.07) is 68.8. The molecule has 2 aliphatic rings. The summed E-state index contributed by atoms with van der Waals surface area (Å²) in [6.45, 7) is 0. The lowest BCUT2D eigenvalue weighted by atomic mass is 9.86. The number of benzene rings is 8. The lowest BCUT2D eigenvalue weighted by Gasteiger charge is -2.32. The second-order valence-corrected chi connectivity index (χ2v) is 15.2. The second-order valence-electron chi connectivity index (χ2n) is 15.2. The molecule has 0 bridgehead atoms. The van der Waals surface area contributed by atoms with Gasteiger partial charge in [0.2, 0.25) is 0 Å². The van der Waals surface area contributed by atoms with E-state index in [9.17, 15) is 0 Å². The minimum Gasteiger partial charge on any atom is -0.314 e. The summed E-state index contributed by atoms with van der Waals surface area (Å²) < 4.78 is 0. The Morgan fingerprint density at radius 1 is 0.456 bits per heavy atom. The quantitative estimate of drug-likeness (QED) is 0.151. The molecular weight excluding hydrogens is 687 g/mol. The van der Waals surface area contributed by atoms with E-state index in [1.54, 1.807) is 0 Å². The predicted octanol–water partition coefficient (Wildman–Crippen LogP) is 15.2. The highest BCUT2D eigenvalue weighted by Gasteiger charge is 2.22. The van der Waals surface area contributed by atoms with E-state index in [-0.39, 0.29) is 5.92 Å². The molecule has 272 valence electrons. The molecule has 0 saturated heterocycles. The fourth-order valence-electron chi connectivity index (χ4n) is 8.75. The van der Waals surface area contributed by atoms with Crippen LogP contribution in [-0.4, -0.2) is 0 Å². The molecule has 0 aromatic heterocycles. The molecule has 0 saturated carbocycles. The van der Waals surface area contributed by atoms with E-state index in [0.29, 0.717) is 0 Å². The van der Waals surface area contributed by atoms with Crippen molar-refractivity contribution in [2.75, 3.05) is 4.90 Å². The average molecular weight is 730 g/mol. The molecule has 8 aromatic carbocycles. The molecule has 1 unspecified atom stereocenters. The molecule has 57 heavy (non-hydrogen) atoms. The van der Waals surface area contributed by atoms with E-state index in [1.165, 1.54) is 77.7 Å². The summed E-state index contributed by atoms with van der Waals surface area (Å²) >= 11 is 0. The van der Waals surface area contributed by atoms with Crippen molar-refractivity contribution in [3.05, 3.63) is 235 Å². The number of nitrogens with zero attached hydrogens (tertiary/aromatic N) is 1. The Balaban J connectivity index is 0.964. The second kappa shape index (κ2) is 15.3. The van der Waals surface area contributed by atoms with E-state index in [0.717, 1.165) is 30.6 Å². The molecule has 8 aromatic rings. The van der Waals surface area contributed by atoms with Crippen LogP contribution >= 0.6 is 0 Å². The van der Waals surface area contributed by atoms with E-state index < -0.39 is 0 Å². The Hall–Kier alpha value is -6.96. The van der Waals surface area contributed by atoms with Crippen molar-refractivity contribution >= 4 is 28.2 Å². The Kier molecular flexibility index (Phi) is 9.26. The summed E-state index contributed by atoms with van der Waals surface area (Å²) in [5.74, 6) is 0.254. The fraction of sp³-hybridized carbons (Fsp3) is 0.0714. The molecule has 1 nitrogen and oxygen atoms in total. The molecule has 2 aliphatic carbocycles. The van der Waals surface area contributed by atoms with Crippen LogP contribution in [0.25, 0.3) is 61.4 Å². The van der Waals surface area contributed by atoms with Crippen LogP contribution < -0.4 is 4.90 Å². The molecule has 0 heterocycles. The van der Waals surface area contributed by atoms with Gasteiger partial charge in [-0.3, -0.25) is 0 Å². The van der Waals surface area contributed by atoms with Gasteiger partial charge in [0, 0.05) is 23.0 Å². The van der Waals surface area contributed by atoms with Crippen molar-refractivity contribution < 1.29 is 0 Å². The molecule has 1 atom stereocenters. The van der Waals surface area contributed by atoms with Gasteiger partial charge in [-0.15, -0.1) is 0 Å². The van der Waals surface area contributed by atoms with Gasteiger partial charge < -0.3 is 4.90 Å². The van der Waals surface area contributed by atoms with Crippen LogP contribution in [0.5, 0.6) is 0 Å². The lowest BCUT2D eigenvalue weighted by Crippen LogP contribution is -2.19. The van der Waals surface area contributed by atoms with Crippen molar-refractivity contribution in [2.45, 2.75) is 25.2 Å². The molecule has 1 heteroatoms. The summed E-state index contributed by atoms with van der Waals surface area (Å²) in [4.78, 5) is 2.45. The van der Waals surface area contributed by atoms with Crippen LogP contribution in [0.3, 0.4) is 0 Å². The van der Waals surface area contributed by atoms with E-state index >= 15 is 0 Å². The van der Waals surface area contributed by atoms with E-state index in [2.05, 4.69) is 223 Å². The molecule has 0 fully saturated rings. The maximum Gasteiger partial charge on any atom is 0.0464 e. The molecular formula is C56H43N. The molecule has 0 N–H and O–H groups in total. The van der Waals surface area contributed by atoms with Gasteiger partial charge in [-0.1, -0.05) is 182 Å². The molecule has 0 amide bonds. The number of fused-ring (bicyclic) bond motifs is 3. The zero-order valence-electron chi connectivity index (χ0n) is 31.9. The zero-order chi connectivity index (χ0) is 38.0. The molecule has 0 radical (unpaired) electrons. The third kappa shape index (κ3) is 6.94. The average Bonchev–Trinajstić information content (AvgIpc) is 3.30. The standard InChI is InChI=1S/C56H43N/c1-3-13-40(14-4-1)42-25-27-43(28-26-42)44-33-35-50(36-34-44)57(51-20-11-18-47(37-51)41-15-5-2-6-16-41)52-21-12-19-48(38-52)45-29-31-46(32-30-45)56-39-49-17-7-8-22-53(49)54-23-9-10-24-55(54)56/h1-7,9-21,23-37,39,48H,8,22,38H2. The number of anilines is 2. The third-order valence-corrected chi connectivity index (χ3v) is 11.7. The summed E-state index contributed by atoms with van der Waals surface area (Å²) in [6.07, 6.45) is 14.6. The normalized spacial score (nSPS) is 14.6. The van der Waals surface area contributed by atoms with Crippen molar-refractivity contribution in [2.24, 2.45) is 0 Å². The van der Waals surface area contributed by atoms with Gasteiger partial charge in [0.15, 0.2) is 0 Å². The summed E-state index contributed by atoms with van der Waals surface area (Å²) in [5.41, 5.74) is 17.6. The Bertz CT molecular complexity index is 2770. The number of rotatable bonds is 8. The van der Waals surface area contributed by atoms with Crippen LogP contribution in [-0.2, 0) is 6.42 Å². The Morgan fingerprint density at radius 2 is 1.04 bits per heavy atom. The number of aryl methyl sites for hydroxylation is 1.